The lowest BCUT2D eigenvalue weighted by molar-refractivity contribution is 0.0966. The maximum atomic E-state index is 12.3. The Morgan fingerprint density at radius 1 is 1.35 bits per heavy atom. The van der Waals surface area contributed by atoms with Gasteiger partial charge in [0.05, 0.1) is 10.3 Å². The highest BCUT2D eigenvalue weighted by atomic mass is 32.1. The third kappa shape index (κ3) is 2.83. The van der Waals surface area contributed by atoms with E-state index in [0.717, 1.165) is 5.56 Å². The minimum absolute atomic E-state index is 0.190. The number of fused-ring (bicyclic) bond motifs is 1. The van der Waals surface area contributed by atoms with Gasteiger partial charge in [-0.05, 0) is 30.2 Å². The van der Waals surface area contributed by atoms with E-state index >= 15 is 0 Å². The maximum absolute atomic E-state index is 12.3. The number of H-pyrrole nitrogens is 1. The average molecular weight is 329 g/mol. The number of phenols is 1. The van der Waals surface area contributed by atoms with E-state index in [2.05, 4.69) is 15.3 Å². The van der Waals surface area contributed by atoms with Gasteiger partial charge in [-0.2, -0.15) is 0 Å². The molecule has 0 aliphatic rings. The number of aromatic nitrogens is 2. The van der Waals surface area contributed by atoms with Gasteiger partial charge in [0.2, 0.25) is 0 Å². The van der Waals surface area contributed by atoms with Crippen LogP contribution in [-0.2, 0) is 6.42 Å². The molecule has 0 saturated carbocycles. The van der Waals surface area contributed by atoms with Gasteiger partial charge < -0.3 is 15.4 Å². The highest BCUT2D eigenvalue weighted by Gasteiger charge is 2.18. The average Bonchev–Trinajstić information content (AvgIpc) is 2.86. The van der Waals surface area contributed by atoms with Crippen molar-refractivity contribution >= 4 is 27.5 Å². The van der Waals surface area contributed by atoms with Crippen LogP contribution in [0.4, 0.5) is 0 Å². The summed E-state index contributed by atoms with van der Waals surface area (Å²) in [5.41, 5.74) is 1.33. The zero-order chi connectivity index (χ0) is 16.6. The molecule has 0 fully saturated rings. The van der Waals surface area contributed by atoms with Crippen molar-refractivity contribution in [2.45, 2.75) is 13.3 Å². The van der Waals surface area contributed by atoms with Crippen molar-refractivity contribution in [3.8, 4) is 5.75 Å². The lowest BCUT2D eigenvalue weighted by Crippen LogP contribution is -2.17. The van der Waals surface area contributed by atoms with E-state index < -0.39 is 0 Å². The van der Waals surface area contributed by atoms with Crippen LogP contribution in [-0.4, -0.2) is 28.0 Å². The molecule has 0 spiro atoms. The summed E-state index contributed by atoms with van der Waals surface area (Å²) in [6.45, 7) is 1.75. The van der Waals surface area contributed by atoms with Crippen molar-refractivity contribution in [1.82, 2.24) is 15.3 Å². The van der Waals surface area contributed by atoms with Crippen LogP contribution < -0.4 is 10.9 Å². The number of hydrogen-bond acceptors (Lipinski definition) is 5. The molecular weight excluding hydrogens is 314 g/mol. The first-order valence-corrected chi connectivity index (χ1v) is 7.83. The van der Waals surface area contributed by atoms with E-state index in [1.807, 2.05) is 0 Å². The van der Waals surface area contributed by atoms with Gasteiger partial charge in [0.25, 0.3) is 11.5 Å². The van der Waals surface area contributed by atoms with Gasteiger partial charge in [-0.1, -0.05) is 12.1 Å². The largest absolute Gasteiger partial charge is 0.508 e. The van der Waals surface area contributed by atoms with Crippen molar-refractivity contribution in [2.75, 3.05) is 7.05 Å². The Bertz CT molecular complexity index is 942. The van der Waals surface area contributed by atoms with E-state index in [1.165, 1.54) is 11.3 Å². The van der Waals surface area contributed by atoms with Crippen LogP contribution in [0, 0.1) is 6.92 Å². The fourth-order valence-corrected chi connectivity index (χ4v) is 3.56. The molecule has 3 aromatic rings. The fraction of sp³-hybridized carbons (Fsp3) is 0.188. The van der Waals surface area contributed by atoms with Gasteiger partial charge in [0.15, 0.2) is 0 Å². The molecule has 0 atom stereocenters. The van der Waals surface area contributed by atoms with E-state index in [1.54, 1.807) is 38.2 Å². The predicted molar refractivity (Wildman–Crippen MR) is 89.3 cm³/mol. The van der Waals surface area contributed by atoms with Crippen LogP contribution in [0.1, 0.15) is 26.6 Å². The molecule has 2 heterocycles. The minimum atomic E-state index is -0.243. The van der Waals surface area contributed by atoms with Crippen molar-refractivity contribution in [2.24, 2.45) is 0 Å². The van der Waals surface area contributed by atoms with E-state index in [-0.39, 0.29) is 17.2 Å². The number of phenolic OH excluding ortho intramolecular Hbond substituents is 1. The van der Waals surface area contributed by atoms with Crippen LogP contribution >= 0.6 is 11.3 Å². The number of hydrogen-bond donors (Lipinski definition) is 3. The molecule has 0 saturated heterocycles. The summed E-state index contributed by atoms with van der Waals surface area (Å²) in [5.74, 6) is 0.498. The lowest BCUT2D eigenvalue weighted by atomic mass is 10.1. The number of aromatic amines is 1. The van der Waals surface area contributed by atoms with Crippen molar-refractivity contribution in [1.29, 1.82) is 0 Å². The molecule has 1 amide bonds. The number of amides is 1. The topological polar surface area (TPSA) is 95.1 Å². The SMILES string of the molecule is CNC(=O)c1sc2nc(Cc3ccc(O)cc3)[nH]c(=O)c2c1C. The number of nitrogens with one attached hydrogen (secondary N) is 2. The van der Waals surface area contributed by atoms with Gasteiger partial charge in [-0.3, -0.25) is 9.59 Å². The van der Waals surface area contributed by atoms with Crippen molar-refractivity contribution in [3.63, 3.8) is 0 Å². The number of nitrogens with zero attached hydrogens (tertiary/aromatic N) is 1. The van der Waals surface area contributed by atoms with E-state index in [4.69, 9.17) is 0 Å². The molecular formula is C16H15N3O3S. The summed E-state index contributed by atoms with van der Waals surface area (Å²) < 4.78 is 0. The summed E-state index contributed by atoms with van der Waals surface area (Å²) in [7, 11) is 1.56. The van der Waals surface area contributed by atoms with Crippen LogP contribution in [0.3, 0.4) is 0 Å². The number of thiophene rings is 1. The molecule has 0 unspecified atom stereocenters. The molecule has 0 aliphatic carbocycles. The molecule has 3 N–H and O–H groups in total. The first-order chi connectivity index (χ1) is 11.0. The highest BCUT2D eigenvalue weighted by Crippen LogP contribution is 2.27. The Morgan fingerprint density at radius 2 is 2.04 bits per heavy atom. The third-order valence-corrected chi connectivity index (χ3v) is 4.78. The molecule has 1 aromatic carbocycles. The van der Waals surface area contributed by atoms with Crippen LogP contribution in [0.25, 0.3) is 10.2 Å². The molecule has 23 heavy (non-hydrogen) atoms. The fourth-order valence-electron chi connectivity index (χ4n) is 2.41. The summed E-state index contributed by atoms with van der Waals surface area (Å²) in [4.78, 5) is 32.5. The maximum Gasteiger partial charge on any atom is 0.261 e. The van der Waals surface area contributed by atoms with Crippen molar-refractivity contribution < 1.29 is 9.90 Å². The van der Waals surface area contributed by atoms with Crippen molar-refractivity contribution in [3.05, 3.63) is 56.4 Å². The molecule has 3 rings (SSSR count). The minimum Gasteiger partial charge on any atom is -0.508 e. The second-order valence-corrected chi connectivity index (χ2v) is 6.17. The summed E-state index contributed by atoms with van der Waals surface area (Å²) >= 11 is 1.21. The Labute approximate surface area is 135 Å². The van der Waals surface area contributed by atoms with Gasteiger partial charge in [-0.15, -0.1) is 11.3 Å². The number of aryl methyl sites for hydroxylation is 1. The van der Waals surface area contributed by atoms with Crippen LogP contribution in [0.15, 0.2) is 29.1 Å². The standard InChI is InChI=1S/C16H15N3O3S/c1-8-12-14(21)18-11(7-9-3-5-10(20)6-4-9)19-16(12)23-13(8)15(22)17-2/h3-6,20H,7H2,1-2H3,(H,17,22)(H,18,19,21). The van der Waals surface area contributed by atoms with Gasteiger partial charge in [-0.25, -0.2) is 4.98 Å². The smallest absolute Gasteiger partial charge is 0.261 e. The van der Waals surface area contributed by atoms with Gasteiger partial charge in [0, 0.05) is 13.5 Å². The van der Waals surface area contributed by atoms with E-state index in [9.17, 15) is 14.7 Å². The number of aromatic hydroxyl groups is 1. The molecule has 0 bridgehead atoms. The zero-order valence-electron chi connectivity index (χ0n) is 12.6. The first kappa shape index (κ1) is 15.2. The number of carbonyl (C=O) groups excluding carboxylic acids is 1. The van der Waals surface area contributed by atoms with Gasteiger partial charge >= 0.3 is 0 Å². The number of carbonyl (C=O) groups is 1. The molecule has 2 aromatic heterocycles. The molecule has 7 heteroatoms. The summed E-state index contributed by atoms with van der Waals surface area (Å²) in [6.07, 6.45) is 0.442. The third-order valence-electron chi connectivity index (χ3n) is 3.59. The molecule has 6 nitrogen and oxygen atoms in total. The van der Waals surface area contributed by atoms with Gasteiger partial charge in [0.1, 0.15) is 16.4 Å². The Hall–Kier alpha value is -2.67. The Morgan fingerprint density at radius 3 is 2.70 bits per heavy atom. The quantitative estimate of drug-likeness (QED) is 0.684. The Kier molecular flexibility index (Phi) is 3.87. The first-order valence-electron chi connectivity index (χ1n) is 7.02. The monoisotopic (exact) mass is 329 g/mol. The van der Waals surface area contributed by atoms with Crippen LogP contribution in [0.2, 0.25) is 0 Å². The number of benzene rings is 1. The summed E-state index contributed by atoms with van der Waals surface area (Å²) in [5, 5.41) is 12.3. The second-order valence-electron chi connectivity index (χ2n) is 5.17. The van der Waals surface area contributed by atoms with E-state index in [0.29, 0.717) is 32.9 Å². The molecule has 0 aliphatic heterocycles. The molecule has 0 radical (unpaired) electrons. The van der Waals surface area contributed by atoms with Crippen LogP contribution in [0.5, 0.6) is 5.75 Å². The normalized spacial score (nSPS) is 10.9. The Balaban J connectivity index is 2.05. The second kappa shape index (κ2) is 5.85. The predicted octanol–water partition coefficient (Wildman–Crippen LogP) is 1.95. The summed E-state index contributed by atoms with van der Waals surface area (Å²) in [6, 6.07) is 6.72. The highest BCUT2D eigenvalue weighted by molar-refractivity contribution is 7.20. The number of rotatable bonds is 3. The zero-order valence-corrected chi connectivity index (χ0v) is 13.5. The lowest BCUT2D eigenvalue weighted by Gasteiger charge is -2.02. The molecule has 118 valence electrons.